The number of carbonyl (C=O) groups excluding carboxylic acids is 1. The van der Waals surface area contributed by atoms with E-state index in [2.05, 4.69) is 4.74 Å². The molecule has 0 aliphatic carbocycles. The lowest BCUT2D eigenvalue weighted by molar-refractivity contribution is -0.140. The molecule has 0 fully saturated rings. The monoisotopic (exact) mass is 276 g/mol. The summed E-state index contributed by atoms with van der Waals surface area (Å²) in [5, 5.41) is 0. The highest BCUT2D eigenvalue weighted by molar-refractivity contribution is 7.89. The lowest BCUT2D eigenvalue weighted by Gasteiger charge is -2.16. The summed E-state index contributed by atoms with van der Waals surface area (Å²) < 4.78 is 42.1. The van der Waals surface area contributed by atoms with Crippen LogP contribution in [0, 0.1) is 5.82 Å². The SMILES string of the molecule is COC(=O)CN(C)S(=O)(=O)c1ccc(F)c(N)c1. The highest BCUT2D eigenvalue weighted by Crippen LogP contribution is 2.19. The number of methoxy groups -OCH3 is 1. The number of nitrogens with zero attached hydrogens (tertiary/aromatic N) is 1. The summed E-state index contributed by atoms with van der Waals surface area (Å²) in [5.74, 6) is -1.40. The Labute approximate surface area is 104 Å². The molecule has 0 radical (unpaired) electrons. The molecule has 2 N–H and O–H groups in total. The van der Waals surface area contributed by atoms with E-state index in [1.807, 2.05) is 0 Å². The Morgan fingerprint density at radius 2 is 2.11 bits per heavy atom. The Hall–Kier alpha value is -1.67. The average molecular weight is 276 g/mol. The molecule has 0 unspecified atom stereocenters. The Kier molecular flexibility index (Phi) is 4.25. The van der Waals surface area contributed by atoms with Crippen molar-refractivity contribution in [3.8, 4) is 0 Å². The van der Waals surface area contributed by atoms with Gasteiger partial charge in [0.15, 0.2) is 0 Å². The van der Waals surface area contributed by atoms with Crippen LogP contribution < -0.4 is 5.73 Å². The van der Waals surface area contributed by atoms with E-state index in [0.29, 0.717) is 0 Å². The first-order chi connectivity index (χ1) is 8.28. The fourth-order valence-corrected chi connectivity index (χ4v) is 2.34. The maximum Gasteiger partial charge on any atom is 0.321 e. The highest BCUT2D eigenvalue weighted by atomic mass is 32.2. The predicted octanol–water partition coefficient (Wildman–Crippen LogP) is 0.201. The van der Waals surface area contributed by atoms with Crippen LogP contribution in [-0.4, -0.2) is 39.4 Å². The van der Waals surface area contributed by atoms with Gasteiger partial charge in [-0.1, -0.05) is 0 Å². The predicted molar refractivity (Wildman–Crippen MR) is 62.6 cm³/mol. The first-order valence-corrected chi connectivity index (χ1v) is 6.31. The molecule has 6 nitrogen and oxygen atoms in total. The summed E-state index contributed by atoms with van der Waals surface area (Å²) in [6.07, 6.45) is 0. The van der Waals surface area contributed by atoms with Crippen LogP contribution in [0.15, 0.2) is 23.1 Å². The minimum atomic E-state index is -3.90. The zero-order valence-corrected chi connectivity index (χ0v) is 10.7. The number of likely N-dealkylation sites (N-methyl/N-ethyl adjacent to an activating group) is 1. The first kappa shape index (κ1) is 14.4. The summed E-state index contributed by atoms with van der Waals surface area (Å²) in [7, 11) is -1.53. The van der Waals surface area contributed by atoms with Gasteiger partial charge in [0.05, 0.1) is 17.7 Å². The number of carbonyl (C=O) groups is 1. The molecule has 0 spiro atoms. The highest BCUT2D eigenvalue weighted by Gasteiger charge is 2.23. The molecule has 0 aliphatic heterocycles. The maximum absolute atomic E-state index is 12.9. The zero-order chi connectivity index (χ0) is 13.9. The summed E-state index contributed by atoms with van der Waals surface area (Å²) in [6.45, 7) is -0.434. The molecule has 1 aromatic carbocycles. The van der Waals surface area contributed by atoms with Crippen molar-refractivity contribution in [2.24, 2.45) is 0 Å². The Bertz CT molecular complexity index is 559. The van der Waals surface area contributed by atoms with Crippen molar-refractivity contribution in [2.45, 2.75) is 4.90 Å². The average Bonchev–Trinajstić information content (AvgIpc) is 2.32. The fraction of sp³-hybridized carbons (Fsp3) is 0.300. The molecule has 18 heavy (non-hydrogen) atoms. The molecule has 0 aromatic heterocycles. The lowest BCUT2D eigenvalue weighted by Crippen LogP contribution is -2.32. The smallest absolute Gasteiger partial charge is 0.321 e. The normalized spacial score (nSPS) is 11.6. The largest absolute Gasteiger partial charge is 0.468 e. The molecule has 0 saturated carbocycles. The Morgan fingerprint density at radius 1 is 1.50 bits per heavy atom. The number of nitrogens with two attached hydrogens (primary N) is 1. The summed E-state index contributed by atoms with van der Waals surface area (Å²) in [4.78, 5) is 10.8. The first-order valence-electron chi connectivity index (χ1n) is 4.87. The molecule has 0 heterocycles. The number of nitrogen functional groups attached to an aromatic ring is 1. The maximum atomic E-state index is 12.9. The van der Waals surface area contributed by atoms with Crippen LogP contribution in [0.25, 0.3) is 0 Å². The van der Waals surface area contributed by atoms with E-state index in [1.54, 1.807) is 0 Å². The van der Waals surface area contributed by atoms with E-state index in [4.69, 9.17) is 5.73 Å². The number of rotatable bonds is 4. The third-order valence-corrected chi connectivity index (χ3v) is 4.05. The number of hydrogen-bond donors (Lipinski definition) is 1. The molecule has 0 aliphatic rings. The van der Waals surface area contributed by atoms with Crippen molar-refractivity contribution in [3.05, 3.63) is 24.0 Å². The number of halogens is 1. The van der Waals surface area contributed by atoms with Crippen LogP contribution >= 0.6 is 0 Å². The van der Waals surface area contributed by atoms with E-state index >= 15 is 0 Å². The number of ether oxygens (including phenoxy) is 1. The van der Waals surface area contributed by atoms with E-state index in [1.165, 1.54) is 7.05 Å². The lowest BCUT2D eigenvalue weighted by atomic mass is 10.3. The minimum absolute atomic E-state index is 0.187. The second-order valence-electron chi connectivity index (χ2n) is 3.52. The molecule has 0 bridgehead atoms. The van der Waals surface area contributed by atoms with E-state index < -0.39 is 28.4 Å². The van der Waals surface area contributed by atoms with Gasteiger partial charge in [-0.15, -0.1) is 0 Å². The molecule has 1 aromatic rings. The zero-order valence-electron chi connectivity index (χ0n) is 9.88. The summed E-state index contributed by atoms with van der Waals surface area (Å²) in [5.41, 5.74) is 5.02. The number of benzene rings is 1. The summed E-state index contributed by atoms with van der Waals surface area (Å²) >= 11 is 0. The van der Waals surface area contributed by atoms with Gasteiger partial charge in [0.25, 0.3) is 0 Å². The van der Waals surface area contributed by atoms with E-state index in [9.17, 15) is 17.6 Å². The number of hydrogen-bond acceptors (Lipinski definition) is 5. The van der Waals surface area contributed by atoms with Gasteiger partial charge in [-0.3, -0.25) is 4.79 Å². The van der Waals surface area contributed by atoms with Crippen LogP contribution in [-0.2, 0) is 19.6 Å². The molecule has 0 atom stereocenters. The van der Waals surface area contributed by atoms with Crippen molar-refractivity contribution in [2.75, 3.05) is 26.4 Å². The molecule has 8 heteroatoms. The topological polar surface area (TPSA) is 89.7 Å². The van der Waals surface area contributed by atoms with Gasteiger partial charge >= 0.3 is 5.97 Å². The second-order valence-corrected chi connectivity index (χ2v) is 5.57. The molecular formula is C10H13FN2O4S. The van der Waals surface area contributed by atoms with Crippen LogP contribution in [0.3, 0.4) is 0 Å². The summed E-state index contributed by atoms with van der Waals surface area (Å²) in [6, 6.07) is 3.03. The Morgan fingerprint density at radius 3 is 2.61 bits per heavy atom. The van der Waals surface area contributed by atoms with Gasteiger partial charge in [0.1, 0.15) is 12.4 Å². The quantitative estimate of drug-likeness (QED) is 0.627. The number of esters is 1. The van der Waals surface area contributed by atoms with E-state index in [0.717, 1.165) is 29.6 Å². The fourth-order valence-electron chi connectivity index (χ4n) is 1.19. The van der Waals surface area contributed by atoms with Crippen LogP contribution in [0.4, 0.5) is 10.1 Å². The number of sulfonamides is 1. The van der Waals surface area contributed by atoms with Crippen molar-refractivity contribution in [3.63, 3.8) is 0 Å². The third-order valence-electron chi connectivity index (χ3n) is 2.26. The van der Waals surface area contributed by atoms with Crippen molar-refractivity contribution >= 4 is 21.7 Å². The molecule has 1 rings (SSSR count). The van der Waals surface area contributed by atoms with Crippen LogP contribution in [0.5, 0.6) is 0 Å². The van der Waals surface area contributed by atoms with Crippen LogP contribution in [0.2, 0.25) is 0 Å². The molecule has 100 valence electrons. The standard InChI is InChI=1S/C10H13FN2O4S/c1-13(6-10(14)17-2)18(15,16)7-3-4-8(11)9(12)5-7/h3-5H,6,12H2,1-2H3. The minimum Gasteiger partial charge on any atom is -0.468 e. The molecule has 0 saturated heterocycles. The Balaban J connectivity index is 3.05. The van der Waals surface area contributed by atoms with Gasteiger partial charge in [-0.25, -0.2) is 12.8 Å². The van der Waals surface area contributed by atoms with Crippen LogP contribution in [0.1, 0.15) is 0 Å². The van der Waals surface area contributed by atoms with Crippen molar-refractivity contribution in [1.29, 1.82) is 0 Å². The van der Waals surface area contributed by atoms with Gasteiger partial charge in [0.2, 0.25) is 10.0 Å². The number of anilines is 1. The molecular weight excluding hydrogens is 263 g/mol. The van der Waals surface area contributed by atoms with Crippen molar-refractivity contribution in [1.82, 2.24) is 4.31 Å². The van der Waals surface area contributed by atoms with Crippen molar-refractivity contribution < 1.29 is 22.3 Å². The van der Waals surface area contributed by atoms with Gasteiger partial charge in [0, 0.05) is 7.05 Å². The van der Waals surface area contributed by atoms with E-state index in [-0.39, 0.29) is 10.6 Å². The second kappa shape index (κ2) is 5.32. The molecule has 0 amide bonds. The van der Waals surface area contributed by atoms with Gasteiger partial charge in [-0.2, -0.15) is 4.31 Å². The third kappa shape index (κ3) is 2.96. The van der Waals surface area contributed by atoms with Gasteiger partial charge in [-0.05, 0) is 18.2 Å². The van der Waals surface area contributed by atoms with Gasteiger partial charge < -0.3 is 10.5 Å².